The molecule has 0 aliphatic carbocycles. The van der Waals surface area contributed by atoms with Gasteiger partial charge in [0.25, 0.3) is 10.0 Å². The molecule has 8 heteroatoms. The first-order valence-electron chi connectivity index (χ1n) is 10.2. The van der Waals surface area contributed by atoms with Gasteiger partial charge in [-0.25, -0.2) is 18.2 Å². The molecule has 0 bridgehead atoms. The van der Waals surface area contributed by atoms with Crippen molar-refractivity contribution >= 4 is 33.0 Å². The molecule has 4 aromatic rings. The molecule has 0 atom stereocenters. The Morgan fingerprint density at radius 1 is 1.00 bits per heavy atom. The van der Waals surface area contributed by atoms with E-state index in [-0.39, 0.29) is 17.1 Å². The van der Waals surface area contributed by atoms with Crippen molar-refractivity contribution in [2.24, 2.45) is 0 Å². The Balaban J connectivity index is 1.48. The molecule has 0 radical (unpaired) electrons. The highest BCUT2D eigenvalue weighted by molar-refractivity contribution is 7.92. The van der Waals surface area contributed by atoms with Crippen LogP contribution in [-0.4, -0.2) is 19.4 Å². The number of hydrogen-bond donors (Lipinski definition) is 1. The van der Waals surface area contributed by atoms with E-state index >= 15 is 0 Å². The maximum atomic E-state index is 12.8. The second kappa shape index (κ2) is 9.56. The minimum Gasteiger partial charge on any atom is -0.456 e. The first kappa shape index (κ1) is 22.7. The molecule has 0 saturated carbocycles. The Morgan fingerprint density at radius 3 is 2.55 bits per heavy atom. The van der Waals surface area contributed by atoms with Crippen molar-refractivity contribution in [2.45, 2.75) is 25.3 Å². The number of sulfonamides is 1. The van der Waals surface area contributed by atoms with E-state index in [0.29, 0.717) is 16.9 Å². The van der Waals surface area contributed by atoms with Crippen LogP contribution < -0.4 is 4.72 Å². The van der Waals surface area contributed by atoms with Gasteiger partial charge in [0, 0.05) is 16.6 Å². The summed E-state index contributed by atoms with van der Waals surface area (Å²) in [4.78, 5) is 17.2. The summed E-state index contributed by atoms with van der Waals surface area (Å²) in [6.07, 6.45) is 0. The van der Waals surface area contributed by atoms with Gasteiger partial charge in [0.15, 0.2) is 0 Å². The molecular weight excluding hydrogens is 456 g/mol. The van der Waals surface area contributed by atoms with Gasteiger partial charge < -0.3 is 4.74 Å². The van der Waals surface area contributed by atoms with Crippen molar-refractivity contribution in [1.29, 1.82) is 0 Å². The summed E-state index contributed by atoms with van der Waals surface area (Å²) in [6, 6.07) is 21.2. The highest BCUT2D eigenvalue weighted by atomic mass is 32.2. The number of esters is 1. The standard InChI is InChI=1S/C25H22N2O4S2/c1-17-7-6-10-20(13-17)27-33(29,30)22-12-11-18(2)23(14-22)25(28)31-15-21-16-32-24(26-21)19-8-4-3-5-9-19/h3-14,16,27H,15H2,1-2H3. The summed E-state index contributed by atoms with van der Waals surface area (Å²) >= 11 is 1.47. The van der Waals surface area contributed by atoms with Gasteiger partial charge >= 0.3 is 5.97 Å². The second-order valence-corrected chi connectivity index (χ2v) is 10.1. The molecule has 1 aromatic heterocycles. The third kappa shape index (κ3) is 5.47. The number of hydrogen-bond acceptors (Lipinski definition) is 6. The van der Waals surface area contributed by atoms with Gasteiger partial charge in [-0.15, -0.1) is 11.3 Å². The molecule has 0 fully saturated rings. The Morgan fingerprint density at radius 2 is 1.79 bits per heavy atom. The van der Waals surface area contributed by atoms with Crippen LogP contribution in [0.2, 0.25) is 0 Å². The van der Waals surface area contributed by atoms with Crippen LogP contribution in [0, 0.1) is 13.8 Å². The summed E-state index contributed by atoms with van der Waals surface area (Å²) in [5.41, 5.74) is 3.83. The molecule has 0 saturated heterocycles. The summed E-state index contributed by atoms with van der Waals surface area (Å²) in [6.45, 7) is 3.61. The molecule has 0 aliphatic rings. The van der Waals surface area contributed by atoms with Crippen LogP contribution in [0.25, 0.3) is 10.6 Å². The van der Waals surface area contributed by atoms with Gasteiger partial charge in [-0.3, -0.25) is 4.72 Å². The van der Waals surface area contributed by atoms with Crippen molar-refractivity contribution in [3.05, 3.63) is 101 Å². The average molecular weight is 479 g/mol. The molecule has 6 nitrogen and oxygen atoms in total. The zero-order valence-electron chi connectivity index (χ0n) is 18.1. The third-order valence-electron chi connectivity index (χ3n) is 4.93. The van der Waals surface area contributed by atoms with E-state index in [1.165, 1.54) is 23.5 Å². The zero-order valence-corrected chi connectivity index (χ0v) is 19.7. The molecule has 0 spiro atoms. The zero-order chi connectivity index (χ0) is 23.4. The molecule has 0 unspecified atom stereocenters. The average Bonchev–Trinajstić information content (AvgIpc) is 3.27. The van der Waals surface area contributed by atoms with E-state index in [4.69, 9.17) is 4.74 Å². The summed E-state index contributed by atoms with van der Waals surface area (Å²) in [7, 11) is -3.87. The highest BCUT2D eigenvalue weighted by Gasteiger charge is 2.19. The van der Waals surface area contributed by atoms with Crippen LogP contribution in [0.4, 0.5) is 5.69 Å². The molecule has 168 valence electrons. The fraction of sp³-hybridized carbons (Fsp3) is 0.120. The molecule has 1 heterocycles. The smallest absolute Gasteiger partial charge is 0.338 e. The Labute approximate surface area is 197 Å². The number of carbonyl (C=O) groups is 1. The van der Waals surface area contributed by atoms with Crippen molar-refractivity contribution in [2.75, 3.05) is 4.72 Å². The molecule has 1 N–H and O–H groups in total. The second-order valence-electron chi connectivity index (χ2n) is 7.54. The number of aryl methyl sites for hydroxylation is 2. The van der Waals surface area contributed by atoms with Crippen LogP contribution in [0.3, 0.4) is 0 Å². The normalized spacial score (nSPS) is 11.2. The topological polar surface area (TPSA) is 85.4 Å². The van der Waals surface area contributed by atoms with Crippen LogP contribution in [-0.2, 0) is 21.4 Å². The Hall–Kier alpha value is -3.49. The van der Waals surface area contributed by atoms with Crippen molar-refractivity contribution in [1.82, 2.24) is 4.98 Å². The van der Waals surface area contributed by atoms with Crippen molar-refractivity contribution < 1.29 is 17.9 Å². The monoisotopic (exact) mass is 478 g/mol. The number of nitrogens with one attached hydrogen (secondary N) is 1. The molecular formula is C25H22N2O4S2. The van der Waals surface area contributed by atoms with Crippen molar-refractivity contribution in [3.63, 3.8) is 0 Å². The third-order valence-corrected chi connectivity index (χ3v) is 7.25. The van der Waals surface area contributed by atoms with Gasteiger partial charge in [-0.2, -0.15) is 0 Å². The lowest BCUT2D eigenvalue weighted by molar-refractivity contribution is 0.0467. The van der Waals surface area contributed by atoms with Gasteiger partial charge in [-0.1, -0.05) is 48.5 Å². The molecule has 0 amide bonds. The maximum Gasteiger partial charge on any atom is 0.338 e. The minimum absolute atomic E-state index is 0.000126. The van der Waals surface area contributed by atoms with Gasteiger partial charge in [0.2, 0.25) is 0 Å². The number of ether oxygens (including phenoxy) is 1. The SMILES string of the molecule is Cc1cccc(NS(=O)(=O)c2ccc(C)c(C(=O)OCc3csc(-c4ccccc4)n3)c2)c1. The quantitative estimate of drug-likeness (QED) is 0.350. The van der Waals surface area contributed by atoms with Gasteiger partial charge in [0.05, 0.1) is 16.2 Å². The number of thiazole rings is 1. The number of benzene rings is 3. The van der Waals surface area contributed by atoms with E-state index in [2.05, 4.69) is 9.71 Å². The molecule has 0 aliphatic heterocycles. The highest BCUT2D eigenvalue weighted by Crippen LogP contribution is 2.24. The number of anilines is 1. The fourth-order valence-corrected chi connectivity index (χ4v) is 5.10. The van der Waals surface area contributed by atoms with Crippen LogP contribution in [0.1, 0.15) is 27.2 Å². The van der Waals surface area contributed by atoms with E-state index in [0.717, 1.165) is 16.1 Å². The number of nitrogens with zero attached hydrogens (tertiary/aromatic N) is 1. The fourth-order valence-electron chi connectivity index (χ4n) is 3.21. The summed E-state index contributed by atoms with van der Waals surface area (Å²) in [5.74, 6) is -0.602. The predicted octanol–water partition coefficient (Wildman–Crippen LogP) is 5.58. The van der Waals surface area contributed by atoms with Gasteiger partial charge in [-0.05, 0) is 49.2 Å². The van der Waals surface area contributed by atoms with Crippen LogP contribution >= 0.6 is 11.3 Å². The van der Waals surface area contributed by atoms with Crippen LogP contribution in [0.15, 0.2) is 83.1 Å². The van der Waals surface area contributed by atoms with E-state index in [1.807, 2.05) is 48.7 Å². The Kier molecular flexibility index (Phi) is 6.57. The van der Waals surface area contributed by atoms with Crippen molar-refractivity contribution in [3.8, 4) is 10.6 Å². The Bertz CT molecular complexity index is 1400. The number of carbonyl (C=O) groups excluding carboxylic acids is 1. The number of rotatable bonds is 7. The summed E-state index contributed by atoms with van der Waals surface area (Å²) in [5, 5.41) is 2.68. The summed E-state index contributed by atoms with van der Waals surface area (Å²) < 4.78 is 33.7. The van der Waals surface area contributed by atoms with Gasteiger partial charge in [0.1, 0.15) is 11.6 Å². The maximum absolute atomic E-state index is 12.8. The first-order valence-corrected chi connectivity index (χ1v) is 12.6. The van der Waals surface area contributed by atoms with E-state index in [1.54, 1.807) is 31.2 Å². The predicted molar refractivity (Wildman–Crippen MR) is 130 cm³/mol. The minimum atomic E-state index is -3.87. The first-order chi connectivity index (χ1) is 15.8. The molecule has 4 rings (SSSR count). The van der Waals surface area contributed by atoms with E-state index in [9.17, 15) is 13.2 Å². The van der Waals surface area contributed by atoms with Crippen LogP contribution in [0.5, 0.6) is 0 Å². The largest absolute Gasteiger partial charge is 0.456 e. The lowest BCUT2D eigenvalue weighted by Gasteiger charge is -2.11. The lowest BCUT2D eigenvalue weighted by Crippen LogP contribution is -2.15. The molecule has 33 heavy (non-hydrogen) atoms. The molecule has 3 aromatic carbocycles. The lowest BCUT2D eigenvalue weighted by atomic mass is 10.1. The van der Waals surface area contributed by atoms with E-state index < -0.39 is 16.0 Å². The number of aromatic nitrogens is 1.